The first-order valence-electron chi connectivity index (χ1n) is 6.27. The zero-order chi connectivity index (χ0) is 13.7. The summed E-state index contributed by atoms with van der Waals surface area (Å²) in [5.41, 5.74) is 2.56. The molecule has 2 aromatic carbocycles. The normalized spacial score (nSPS) is 12.4. The van der Waals surface area contributed by atoms with E-state index in [-0.39, 0.29) is 12.5 Å². The number of benzene rings is 2. The summed E-state index contributed by atoms with van der Waals surface area (Å²) in [6.07, 6.45) is 1.83. The predicted octanol–water partition coefficient (Wildman–Crippen LogP) is 4.45. The van der Waals surface area contributed by atoms with Gasteiger partial charge in [-0.05, 0) is 76.7 Å². The highest BCUT2D eigenvalue weighted by atomic mass is 127. The van der Waals surface area contributed by atoms with Gasteiger partial charge in [0.1, 0.15) is 0 Å². The van der Waals surface area contributed by atoms with Gasteiger partial charge in [0.25, 0.3) is 0 Å². The quantitative estimate of drug-likeness (QED) is 0.695. The van der Waals surface area contributed by atoms with E-state index in [4.69, 9.17) is 0 Å². The Morgan fingerprint density at radius 3 is 1.84 bits per heavy atom. The zero-order valence-electron chi connectivity index (χ0n) is 10.5. The van der Waals surface area contributed by atoms with Gasteiger partial charge in [-0.2, -0.15) is 0 Å². The molecule has 0 aromatic heterocycles. The number of rotatable bonds is 5. The molecule has 0 saturated heterocycles. The Morgan fingerprint density at radius 2 is 1.37 bits per heavy atom. The predicted molar refractivity (Wildman–Crippen MR) is 91.3 cm³/mol. The van der Waals surface area contributed by atoms with Crippen molar-refractivity contribution in [3.63, 3.8) is 0 Å². The molecule has 100 valence electrons. The van der Waals surface area contributed by atoms with Crippen LogP contribution in [0.5, 0.6) is 0 Å². The number of aliphatic hydroxyl groups is 1. The highest BCUT2D eigenvalue weighted by molar-refractivity contribution is 14.1. The molecular weight excluding hydrogens is 415 g/mol. The third-order valence-electron chi connectivity index (χ3n) is 3.13. The number of hydrogen-bond donors (Lipinski definition) is 1. The van der Waals surface area contributed by atoms with Crippen molar-refractivity contribution in [1.82, 2.24) is 0 Å². The molecule has 1 nitrogen and oxygen atoms in total. The minimum atomic E-state index is 0.224. The standard InChI is InChI=1S/C16H16BrIO/c17-15-5-1-12(2-6-15)9-14(11-19)10-13-3-7-16(18)8-4-13/h1-8,14,19H,9-11H2. The maximum absolute atomic E-state index is 9.55. The van der Waals surface area contributed by atoms with Gasteiger partial charge in [-0.25, -0.2) is 0 Å². The molecule has 0 aliphatic carbocycles. The van der Waals surface area contributed by atoms with Crippen LogP contribution < -0.4 is 0 Å². The maximum atomic E-state index is 9.55. The fourth-order valence-electron chi connectivity index (χ4n) is 2.11. The van der Waals surface area contributed by atoms with Gasteiger partial charge >= 0.3 is 0 Å². The molecule has 0 fully saturated rings. The first-order valence-corrected chi connectivity index (χ1v) is 8.14. The second-order valence-corrected chi connectivity index (χ2v) is 6.87. The second-order valence-electron chi connectivity index (χ2n) is 4.71. The van der Waals surface area contributed by atoms with Gasteiger partial charge in [0.15, 0.2) is 0 Å². The van der Waals surface area contributed by atoms with Crippen molar-refractivity contribution < 1.29 is 5.11 Å². The summed E-state index contributed by atoms with van der Waals surface area (Å²) in [5.74, 6) is 0.279. The van der Waals surface area contributed by atoms with Gasteiger partial charge in [-0.3, -0.25) is 0 Å². The Labute approximate surface area is 136 Å². The van der Waals surface area contributed by atoms with Crippen LogP contribution >= 0.6 is 38.5 Å². The molecule has 2 rings (SSSR count). The molecule has 2 aromatic rings. The van der Waals surface area contributed by atoms with Crippen LogP contribution in [-0.4, -0.2) is 11.7 Å². The van der Waals surface area contributed by atoms with Crippen molar-refractivity contribution in [3.05, 3.63) is 67.7 Å². The lowest BCUT2D eigenvalue weighted by Gasteiger charge is -2.14. The van der Waals surface area contributed by atoms with Gasteiger partial charge in [0.05, 0.1) is 0 Å². The Kier molecular flexibility index (Phi) is 5.85. The lowest BCUT2D eigenvalue weighted by atomic mass is 9.93. The lowest BCUT2D eigenvalue weighted by molar-refractivity contribution is 0.225. The smallest absolute Gasteiger partial charge is 0.0465 e. The molecule has 0 aliphatic rings. The molecule has 0 amide bonds. The summed E-state index contributed by atoms with van der Waals surface area (Å²) in [6.45, 7) is 0.224. The Morgan fingerprint density at radius 1 is 0.895 bits per heavy atom. The van der Waals surface area contributed by atoms with Crippen LogP contribution in [-0.2, 0) is 12.8 Å². The minimum absolute atomic E-state index is 0.224. The monoisotopic (exact) mass is 430 g/mol. The van der Waals surface area contributed by atoms with Crippen LogP contribution in [0.4, 0.5) is 0 Å². The third-order valence-corrected chi connectivity index (χ3v) is 4.38. The molecule has 0 bridgehead atoms. The van der Waals surface area contributed by atoms with Crippen molar-refractivity contribution in [1.29, 1.82) is 0 Å². The fraction of sp³-hybridized carbons (Fsp3) is 0.250. The van der Waals surface area contributed by atoms with E-state index in [9.17, 15) is 5.11 Å². The summed E-state index contributed by atoms with van der Waals surface area (Å²) >= 11 is 5.75. The van der Waals surface area contributed by atoms with E-state index >= 15 is 0 Å². The highest BCUT2D eigenvalue weighted by Crippen LogP contribution is 2.17. The summed E-state index contributed by atoms with van der Waals surface area (Å²) in [4.78, 5) is 0. The Hall–Kier alpha value is -0.390. The second kappa shape index (κ2) is 7.41. The van der Waals surface area contributed by atoms with Crippen molar-refractivity contribution in [2.75, 3.05) is 6.61 Å². The van der Waals surface area contributed by atoms with Gasteiger partial charge in [-0.1, -0.05) is 40.2 Å². The van der Waals surface area contributed by atoms with E-state index < -0.39 is 0 Å². The number of hydrogen-bond acceptors (Lipinski definition) is 1. The van der Waals surface area contributed by atoms with Crippen LogP contribution in [0.2, 0.25) is 0 Å². The van der Waals surface area contributed by atoms with E-state index in [1.165, 1.54) is 14.7 Å². The van der Waals surface area contributed by atoms with E-state index in [0.29, 0.717) is 0 Å². The van der Waals surface area contributed by atoms with E-state index in [2.05, 4.69) is 87.1 Å². The molecule has 0 aliphatic heterocycles. The highest BCUT2D eigenvalue weighted by Gasteiger charge is 2.09. The molecule has 1 unspecified atom stereocenters. The third kappa shape index (κ3) is 4.89. The largest absolute Gasteiger partial charge is 0.396 e. The molecule has 0 heterocycles. The average Bonchev–Trinajstić information content (AvgIpc) is 2.43. The van der Waals surface area contributed by atoms with Crippen molar-refractivity contribution >= 4 is 38.5 Å². The molecule has 19 heavy (non-hydrogen) atoms. The fourth-order valence-corrected chi connectivity index (χ4v) is 2.73. The van der Waals surface area contributed by atoms with Gasteiger partial charge in [-0.15, -0.1) is 0 Å². The molecule has 0 spiro atoms. The first-order chi connectivity index (χ1) is 9.17. The topological polar surface area (TPSA) is 20.2 Å². The Bertz CT molecular complexity index is 460. The van der Waals surface area contributed by atoms with Crippen LogP contribution in [0.25, 0.3) is 0 Å². The molecule has 0 radical (unpaired) electrons. The molecular formula is C16H16BrIO. The van der Waals surface area contributed by atoms with Gasteiger partial charge < -0.3 is 5.11 Å². The average molecular weight is 431 g/mol. The van der Waals surface area contributed by atoms with Crippen LogP contribution in [0.1, 0.15) is 11.1 Å². The van der Waals surface area contributed by atoms with E-state index in [1.54, 1.807) is 0 Å². The van der Waals surface area contributed by atoms with Crippen molar-refractivity contribution in [2.45, 2.75) is 12.8 Å². The Balaban J connectivity index is 2.00. The molecule has 1 N–H and O–H groups in total. The van der Waals surface area contributed by atoms with E-state index in [0.717, 1.165) is 17.3 Å². The zero-order valence-corrected chi connectivity index (χ0v) is 14.3. The van der Waals surface area contributed by atoms with E-state index in [1.807, 2.05) is 0 Å². The summed E-state index contributed by atoms with van der Waals surface area (Å²) < 4.78 is 2.34. The maximum Gasteiger partial charge on any atom is 0.0465 e. The minimum Gasteiger partial charge on any atom is -0.396 e. The summed E-state index contributed by atoms with van der Waals surface area (Å²) in [6, 6.07) is 16.8. The van der Waals surface area contributed by atoms with Crippen molar-refractivity contribution in [2.24, 2.45) is 5.92 Å². The van der Waals surface area contributed by atoms with Gasteiger partial charge in [0.2, 0.25) is 0 Å². The van der Waals surface area contributed by atoms with Crippen LogP contribution in [0.3, 0.4) is 0 Å². The molecule has 0 saturated carbocycles. The SMILES string of the molecule is OCC(Cc1ccc(Br)cc1)Cc1ccc(I)cc1. The molecule has 3 heteroatoms. The van der Waals surface area contributed by atoms with Crippen molar-refractivity contribution in [3.8, 4) is 0 Å². The van der Waals surface area contributed by atoms with Gasteiger partial charge in [0, 0.05) is 14.6 Å². The first kappa shape index (κ1) is 15.0. The summed E-state index contributed by atoms with van der Waals surface area (Å²) in [7, 11) is 0. The summed E-state index contributed by atoms with van der Waals surface area (Å²) in [5, 5.41) is 9.55. The van der Waals surface area contributed by atoms with Crippen LogP contribution in [0, 0.1) is 9.49 Å². The number of halogens is 2. The molecule has 1 atom stereocenters. The number of aliphatic hydroxyl groups excluding tert-OH is 1. The van der Waals surface area contributed by atoms with Crippen LogP contribution in [0.15, 0.2) is 53.0 Å². The lowest BCUT2D eigenvalue weighted by Crippen LogP contribution is -2.13.